The second kappa shape index (κ2) is 6.89. The van der Waals surface area contributed by atoms with Gasteiger partial charge in [0.15, 0.2) is 11.6 Å². The molecule has 4 nitrogen and oxygen atoms in total. The zero-order valence-corrected chi connectivity index (χ0v) is 19.4. The molecule has 0 spiro atoms. The number of hydrogen-bond donors (Lipinski definition) is 2. The minimum atomic E-state index is -9.94. The van der Waals surface area contributed by atoms with Crippen LogP contribution in [0.1, 0.15) is 0 Å². The van der Waals surface area contributed by atoms with Gasteiger partial charge < -0.3 is 10.6 Å². The normalized spacial score (nSPS) is 16.3. The molecule has 0 saturated carbocycles. The Hall–Kier alpha value is -3.47. The van der Waals surface area contributed by atoms with Gasteiger partial charge >= 0.3 is 20.4 Å². The summed E-state index contributed by atoms with van der Waals surface area (Å²) in [4.78, 5) is 3.90. The van der Waals surface area contributed by atoms with Gasteiger partial charge in [-0.25, -0.2) is 14.4 Å². The molecule has 202 valence electrons. The van der Waals surface area contributed by atoms with Gasteiger partial charge in [0.2, 0.25) is 0 Å². The van der Waals surface area contributed by atoms with E-state index >= 15 is 0 Å². The van der Waals surface area contributed by atoms with Crippen molar-refractivity contribution in [2.75, 3.05) is 10.6 Å². The molecule has 0 radical (unpaired) electrons. The van der Waals surface area contributed by atoms with Crippen molar-refractivity contribution in [1.82, 2.24) is 9.97 Å². The van der Waals surface area contributed by atoms with Crippen LogP contribution in [0.25, 0.3) is 11.0 Å². The van der Waals surface area contributed by atoms with Crippen LogP contribution in [0.3, 0.4) is 0 Å². The minimum Gasteiger partial charge on any atom is -0.337 e. The Morgan fingerprint density at radius 3 is 1.24 bits per heavy atom. The van der Waals surface area contributed by atoms with Crippen LogP contribution in [0.2, 0.25) is 0 Å². The summed E-state index contributed by atoms with van der Waals surface area (Å²) in [5.41, 5.74) is -0.321. The Labute approximate surface area is 201 Å². The number of rotatable bonds is 6. The summed E-state index contributed by atoms with van der Waals surface area (Å²) < 4.78 is 143. The van der Waals surface area contributed by atoms with E-state index in [1.165, 1.54) is 6.07 Å². The highest BCUT2D eigenvalue weighted by Gasteiger charge is 2.66. The summed E-state index contributed by atoms with van der Waals surface area (Å²) in [7, 11) is -19.9. The monoisotopic (exact) mass is 582 g/mol. The lowest BCUT2D eigenvalue weighted by molar-refractivity contribution is 0.360. The predicted molar refractivity (Wildman–Crippen MR) is 122 cm³/mol. The van der Waals surface area contributed by atoms with Crippen molar-refractivity contribution >= 4 is 54.5 Å². The zero-order valence-electron chi connectivity index (χ0n) is 17.7. The Bertz CT molecular complexity index is 1530. The fourth-order valence-corrected chi connectivity index (χ4v) is 4.37. The van der Waals surface area contributed by atoms with Gasteiger partial charge in [-0.05, 0) is 60.7 Å². The van der Waals surface area contributed by atoms with Crippen LogP contribution < -0.4 is 10.6 Å². The van der Waals surface area contributed by atoms with Gasteiger partial charge in [-0.3, -0.25) is 0 Å². The number of benzene rings is 3. The van der Waals surface area contributed by atoms with Crippen molar-refractivity contribution in [3.05, 3.63) is 72.5 Å². The van der Waals surface area contributed by atoms with E-state index in [0.717, 1.165) is 12.1 Å². The van der Waals surface area contributed by atoms with E-state index in [-0.39, 0.29) is 58.3 Å². The lowest BCUT2D eigenvalue weighted by Gasteiger charge is -2.40. The first kappa shape index (κ1) is 26.6. The summed E-state index contributed by atoms with van der Waals surface area (Å²) in [6, 6.07) is 6.40. The average Bonchev–Trinajstić information content (AvgIpc) is 2.72. The fourth-order valence-electron chi connectivity index (χ4n) is 3.07. The van der Waals surface area contributed by atoms with Crippen LogP contribution in [-0.4, -0.2) is 9.97 Å². The van der Waals surface area contributed by atoms with Crippen molar-refractivity contribution in [1.29, 1.82) is 0 Å². The van der Waals surface area contributed by atoms with E-state index < -0.39 is 36.1 Å². The number of fused-ring (bicyclic) bond motifs is 1. The quantitative estimate of drug-likeness (QED) is 0.222. The van der Waals surface area contributed by atoms with Gasteiger partial charge in [-0.2, -0.15) is 0 Å². The number of anilines is 4. The molecule has 4 rings (SSSR count). The zero-order chi connectivity index (χ0) is 27.6. The van der Waals surface area contributed by atoms with Gasteiger partial charge in [0.05, 0.1) is 11.0 Å². The molecule has 37 heavy (non-hydrogen) atoms. The smallest absolute Gasteiger partial charge is 0.310 e. The molecule has 0 aliphatic heterocycles. The second-order valence-electron chi connectivity index (χ2n) is 7.79. The number of nitrogens with zero attached hydrogens (tertiary/aromatic N) is 2. The summed E-state index contributed by atoms with van der Waals surface area (Å²) in [5.74, 6) is -1.27. The molecule has 1 aromatic heterocycles. The van der Waals surface area contributed by atoms with Crippen LogP contribution in [0.15, 0.2) is 76.5 Å². The standard InChI is InChI=1S/C20H13F11N4S2/c21-12-1-10-17-18(11-12)35-20(33-14-4-8-16(9-5-14)37(27,28,29,30)31)19(34-17)32-13-2-6-15(7-3-13)36(22,23,24,25)26/h1-11H,(H,32,34)(H,33,35). The first-order valence-corrected chi connectivity index (χ1v) is 13.6. The predicted octanol–water partition coefficient (Wildman–Crippen LogP) is 10.6. The molecule has 1 heterocycles. The highest BCUT2D eigenvalue weighted by Crippen LogP contribution is 3.02. The van der Waals surface area contributed by atoms with E-state index in [0.29, 0.717) is 24.3 Å². The maximum Gasteiger partial charge on any atom is 0.310 e. The van der Waals surface area contributed by atoms with Crippen molar-refractivity contribution in [3.63, 3.8) is 0 Å². The summed E-state index contributed by atoms with van der Waals surface area (Å²) in [6.45, 7) is 0. The van der Waals surface area contributed by atoms with Crippen molar-refractivity contribution in [3.8, 4) is 0 Å². The third-order valence-electron chi connectivity index (χ3n) is 4.75. The molecule has 0 aliphatic carbocycles. The first-order valence-electron chi connectivity index (χ1n) is 9.67. The van der Waals surface area contributed by atoms with Gasteiger partial charge in [0.25, 0.3) is 0 Å². The molecule has 17 heteroatoms. The Kier molecular flexibility index (Phi) is 4.95. The largest absolute Gasteiger partial charge is 0.337 e. The summed E-state index contributed by atoms with van der Waals surface area (Å²) in [6.07, 6.45) is 0. The number of nitrogens with one attached hydrogen (secondary N) is 2. The molecule has 0 bridgehead atoms. The highest BCUT2D eigenvalue weighted by atomic mass is 32.5. The third-order valence-corrected chi connectivity index (χ3v) is 7.08. The van der Waals surface area contributed by atoms with Crippen molar-refractivity contribution in [2.45, 2.75) is 9.79 Å². The van der Waals surface area contributed by atoms with Crippen LogP contribution >= 0.6 is 20.4 Å². The van der Waals surface area contributed by atoms with Crippen molar-refractivity contribution in [2.24, 2.45) is 0 Å². The van der Waals surface area contributed by atoms with Crippen molar-refractivity contribution < 1.29 is 43.2 Å². The molecule has 0 atom stereocenters. The van der Waals surface area contributed by atoms with E-state index in [2.05, 4.69) is 20.6 Å². The molecule has 3 aromatic carbocycles. The Balaban J connectivity index is 1.73. The lowest BCUT2D eigenvalue weighted by Crippen LogP contribution is -2.07. The molecule has 0 amide bonds. The number of halogens is 11. The van der Waals surface area contributed by atoms with Gasteiger partial charge in [-0.1, -0.05) is 38.9 Å². The maximum absolute atomic E-state index is 13.6. The average molecular weight is 582 g/mol. The molecule has 0 unspecified atom stereocenters. The number of aromatic nitrogens is 2. The topological polar surface area (TPSA) is 49.8 Å². The van der Waals surface area contributed by atoms with Gasteiger partial charge in [-0.15, -0.1) is 0 Å². The molecule has 0 aliphatic rings. The molecule has 2 N–H and O–H groups in total. The van der Waals surface area contributed by atoms with Gasteiger partial charge in [0, 0.05) is 17.4 Å². The van der Waals surface area contributed by atoms with Gasteiger partial charge in [0.1, 0.15) is 15.6 Å². The third kappa shape index (κ3) is 6.27. The van der Waals surface area contributed by atoms with Crippen LogP contribution in [0, 0.1) is 5.82 Å². The maximum atomic E-state index is 13.6. The summed E-state index contributed by atoms with van der Waals surface area (Å²) in [5, 5.41) is 5.03. The molecule has 4 aromatic rings. The Morgan fingerprint density at radius 2 is 0.865 bits per heavy atom. The van der Waals surface area contributed by atoms with E-state index in [1.807, 2.05) is 0 Å². The highest BCUT2D eigenvalue weighted by molar-refractivity contribution is 8.46. The van der Waals surface area contributed by atoms with Crippen LogP contribution in [0.4, 0.5) is 66.3 Å². The Morgan fingerprint density at radius 1 is 0.486 bits per heavy atom. The molecule has 0 fully saturated rings. The SMILES string of the molecule is Fc1ccc2nc(Nc3ccc(S(F)(F)(F)(F)F)cc3)c(Nc3ccc(S(F)(F)(F)(F)F)cc3)nc2c1. The summed E-state index contributed by atoms with van der Waals surface area (Å²) >= 11 is 0. The molecule has 0 saturated heterocycles. The van der Waals surface area contributed by atoms with Crippen LogP contribution in [-0.2, 0) is 0 Å². The number of hydrogen-bond acceptors (Lipinski definition) is 4. The molecular formula is C20H13F11N4S2. The van der Waals surface area contributed by atoms with Crippen LogP contribution in [0.5, 0.6) is 0 Å². The van der Waals surface area contributed by atoms with E-state index in [1.54, 1.807) is 0 Å². The fraction of sp³-hybridized carbons (Fsp3) is 0. The first-order chi connectivity index (χ1) is 16.5. The van der Waals surface area contributed by atoms with E-state index in [9.17, 15) is 43.2 Å². The lowest BCUT2D eigenvalue weighted by atomic mass is 10.2. The van der Waals surface area contributed by atoms with E-state index in [4.69, 9.17) is 0 Å². The second-order valence-corrected chi connectivity index (χ2v) is 12.6. The molecular weight excluding hydrogens is 569 g/mol. The minimum absolute atomic E-state index is 0.0482.